The van der Waals surface area contributed by atoms with E-state index in [4.69, 9.17) is 0 Å². The number of ketones is 1. The molecule has 0 amide bonds. The van der Waals surface area contributed by atoms with Gasteiger partial charge in [-0.2, -0.15) is 0 Å². The van der Waals surface area contributed by atoms with Gasteiger partial charge in [0, 0.05) is 25.7 Å². The van der Waals surface area contributed by atoms with Gasteiger partial charge in [0.2, 0.25) is 0 Å². The third kappa shape index (κ3) is 7.35. The van der Waals surface area contributed by atoms with Crippen molar-refractivity contribution in [3.05, 3.63) is 0 Å². The number of carbonyl (C=O) groups excluding carboxylic acids is 2. The Kier molecular flexibility index (Phi) is 7.53. The van der Waals surface area contributed by atoms with Gasteiger partial charge < -0.3 is 4.74 Å². The zero-order valence-electron chi connectivity index (χ0n) is 8.76. The van der Waals surface area contributed by atoms with E-state index in [2.05, 4.69) is 16.6 Å². The first-order valence-corrected chi connectivity index (χ1v) is 4.75. The Labute approximate surface area is 84.8 Å². The maximum Gasteiger partial charge on any atom is 0.305 e. The monoisotopic (exact) mass is 196 g/mol. The van der Waals surface area contributed by atoms with Crippen LogP contribution in [0.2, 0.25) is 0 Å². The molecule has 0 fully saturated rings. The number of hydrogen-bond donors (Lipinski definition) is 0. The lowest BCUT2D eigenvalue weighted by atomic mass is 10.1. The van der Waals surface area contributed by atoms with E-state index < -0.39 is 0 Å². The van der Waals surface area contributed by atoms with Crippen molar-refractivity contribution in [2.45, 2.75) is 39.0 Å². The van der Waals surface area contributed by atoms with Crippen molar-refractivity contribution in [2.24, 2.45) is 0 Å². The van der Waals surface area contributed by atoms with Gasteiger partial charge in [-0.3, -0.25) is 9.59 Å². The molecule has 14 heavy (non-hydrogen) atoms. The van der Waals surface area contributed by atoms with Gasteiger partial charge in [-0.15, -0.1) is 11.8 Å². The Bertz CT molecular complexity index is 245. The molecule has 0 atom stereocenters. The summed E-state index contributed by atoms with van der Waals surface area (Å²) in [5, 5.41) is 0. The molecule has 0 saturated heterocycles. The fraction of sp³-hybridized carbons (Fsp3) is 0.636. The van der Waals surface area contributed by atoms with Crippen LogP contribution in [0.5, 0.6) is 0 Å². The lowest BCUT2D eigenvalue weighted by molar-refractivity contribution is -0.141. The van der Waals surface area contributed by atoms with Crippen LogP contribution in [-0.2, 0) is 14.3 Å². The number of ether oxygens (including phenoxy) is 1. The number of methoxy groups -OCH3 is 1. The molecule has 0 bridgehead atoms. The van der Waals surface area contributed by atoms with Crippen LogP contribution in [0.4, 0.5) is 0 Å². The first-order valence-electron chi connectivity index (χ1n) is 4.75. The van der Waals surface area contributed by atoms with Crippen LogP contribution in [0.15, 0.2) is 0 Å². The molecule has 0 aliphatic carbocycles. The van der Waals surface area contributed by atoms with Gasteiger partial charge in [-0.05, 0) is 0 Å². The quantitative estimate of drug-likeness (QED) is 0.496. The smallest absolute Gasteiger partial charge is 0.305 e. The van der Waals surface area contributed by atoms with Crippen LogP contribution in [0, 0.1) is 11.8 Å². The van der Waals surface area contributed by atoms with E-state index in [0.717, 1.165) is 6.42 Å². The Morgan fingerprint density at radius 3 is 2.43 bits per heavy atom. The Morgan fingerprint density at radius 1 is 1.14 bits per heavy atom. The van der Waals surface area contributed by atoms with E-state index in [9.17, 15) is 9.59 Å². The average Bonchev–Trinajstić information content (AvgIpc) is 2.21. The lowest BCUT2D eigenvalue weighted by Crippen LogP contribution is -2.05. The molecule has 0 spiro atoms. The predicted octanol–water partition coefficient (Wildman–Crippen LogP) is 1.70. The van der Waals surface area contributed by atoms with Crippen molar-refractivity contribution in [1.82, 2.24) is 0 Å². The second-order valence-electron chi connectivity index (χ2n) is 2.82. The summed E-state index contributed by atoms with van der Waals surface area (Å²) in [6.07, 6.45) is 2.28. The molecular weight excluding hydrogens is 180 g/mol. The number of rotatable bonds is 5. The highest BCUT2D eigenvalue weighted by Gasteiger charge is 2.05. The van der Waals surface area contributed by atoms with Crippen molar-refractivity contribution in [1.29, 1.82) is 0 Å². The molecule has 0 aliphatic rings. The van der Waals surface area contributed by atoms with Crippen LogP contribution >= 0.6 is 0 Å². The summed E-state index contributed by atoms with van der Waals surface area (Å²) in [4.78, 5) is 21.8. The molecule has 78 valence electrons. The topological polar surface area (TPSA) is 43.4 Å². The highest BCUT2D eigenvalue weighted by Crippen LogP contribution is 1.99. The molecule has 3 nitrogen and oxygen atoms in total. The minimum atomic E-state index is -0.335. The van der Waals surface area contributed by atoms with Crippen molar-refractivity contribution < 1.29 is 14.3 Å². The summed E-state index contributed by atoms with van der Waals surface area (Å²) in [6, 6.07) is 0. The predicted molar refractivity (Wildman–Crippen MR) is 53.6 cm³/mol. The van der Waals surface area contributed by atoms with E-state index in [1.807, 2.05) is 6.92 Å². The van der Waals surface area contributed by atoms with Gasteiger partial charge in [0.25, 0.3) is 0 Å². The molecule has 0 aromatic carbocycles. The molecule has 0 heterocycles. The van der Waals surface area contributed by atoms with E-state index in [0.29, 0.717) is 12.8 Å². The highest BCUT2D eigenvalue weighted by atomic mass is 16.5. The number of carbonyl (C=O) groups is 2. The fourth-order valence-corrected chi connectivity index (χ4v) is 0.884. The second-order valence-corrected chi connectivity index (χ2v) is 2.82. The van der Waals surface area contributed by atoms with Gasteiger partial charge in [0.1, 0.15) is 5.78 Å². The summed E-state index contributed by atoms with van der Waals surface area (Å²) in [5.41, 5.74) is 0. The summed E-state index contributed by atoms with van der Waals surface area (Å²) >= 11 is 0. The van der Waals surface area contributed by atoms with Crippen molar-refractivity contribution in [2.75, 3.05) is 7.11 Å². The highest BCUT2D eigenvalue weighted by molar-refractivity contribution is 5.82. The standard InChI is InChI=1S/C11H16O3/c1-3-4-5-6-7-10(12)8-9-11(13)14-2/h3,6-9H2,1-2H3. The first kappa shape index (κ1) is 12.7. The third-order valence-corrected chi connectivity index (χ3v) is 1.67. The zero-order chi connectivity index (χ0) is 10.8. The maximum absolute atomic E-state index is 11.2. The third-order valence-electron chi connectivity index (χ3n) is 1.67. The largest absolute Gasteiger partial charge is 0.469 e. The summed E-state index contributed by atoms with van der Waals surface area (Å²) in [6.45, 7) is 1.96. The average molecular weight is 196 g/mol. The SMILES string of the molecule is CCC#CCCC(=O)CCC(=O)OC. The Morgan fingerprint density at radius 2 is 1.86 bits per heavy atom. The van der Waals surface area contributed by atoms with Gasteiger partial charge in [-0.25, -0.2) is 0 Å². The van der Waals surface area contributed by atoms with Gasteiger partial charge in [0.15, 0.2) is 0 Å². The van der Waals surface area contributed by atoms with Crippen molar-refractivity contribution in [3.63, 3.8) is 0 Å². The minimum absolute atomic E-state index is 0.0702. The number of hydrogen-bond acceptors (Lipinski definition) is 3. The molecule has 3 heteroatoms. The number of esters is 1. The lowest BCUT2D eigenvalue weighted by Gasteiger charge is -1.97. The fourth-order valence-electron chi connectivity index (χ4n) is 0.884. The number of Topliss-reactive ketones (excluding diaryl/α,β-unsaturated/α-hetero) is 1. The van der Waals surface area contributed by atoms with E-state index in [-0.39, 0.29) is 24.6 Å². The van der Waals surface area contributed by atoms with E-state index >= 15 is 0 Å². The Hall–Kier alpha value is -1.30. The minimum Gasteiger partial charge on any atom is -0.469 e. The van der Waals surface area contributed by atoms with Gasteiger partial charge in [0.05, 0.1) is 13.5 Å². The molecule has 0 aromatic rings. The first-order chi connectivity index (χ1) is 6.70. The normalized spacial score (nSPS) is 8.71. The summed E-state index contributed by atoms with van der Waals surface area (Å²) in [5.74, 6) is 5.50. The van der Waals surface area contributed by atoms with Crippen LogP contribution in [0.1, 0.15) is 39.0 Å². The van der Waals surface area contributed by atoms with E-state index in [1.165, 1.54) is 7.11 Å². The summed E-state index contributed by atoms with van der Waals surface area (Å²) < 4.78 is 4.42. The molecule has 0 rings (SSSR count). The second kappa shape index (κ2) is 8.31. The molecule has 0 N–H and O–H groups in total. The molecule has 0 aromatic heterocycles. The van der Waals surface area contributed by atoms with Crippen LogP contribution in [0.25, 0.3) is 0 Å². The molecular formula is C11H16O3. The van der Waals surface area contributed by atoms with Crippen molar-refractivity contribution in [3.8, 4) is 11.8 Å². The molecule has 0 radical (unpaired) electrons. The zero-order valence-corrected chi connectivity index (χ0v) is 8.76. The Balaban J connectivity index is 3.51. The molecule has 0 saturated carbocycles. The molecule has 0 aliphatic heterocycles. The van der Waals surface area contributed by atoms with Crippen molar-refractivity contribution >= 4 is 11.8 Å². The van der Waals surface area contributed by atoms with Crippen LogP contribution in [-0.4, -0.2) is 18.9 Å². The van der Waals surface area contributed by atoms with E-state index in [1.54, 1.807) is 0 Å². The van der Waals surface area contributed by atoms with Crippen LogP contribution in [0.3, 0.4) is 0 Å². The summed E-state index contributed by atoms with van der Waals surface area (Å²) in [7, 11) is 1.32. The van der Waals surface area contributed by atoms with Gasteiger partial charge in [-0.1, -0.05) is 6.92 Å². The van der Waals surface area contributed by atoms with Crippen LogP contribution < -0.4 is 0 Å². The molecule has 0 unspecified atom stereocenters. The maximum atomic E-state index is 11.2. The van der Waals surface area contributed by atoms with Gasteiger partial charge >= 0.3 is 5.97 Å².